The van der Waals surface area contributed by atoms with E-state index in [0.717, 1.165) is 11.2 Å². The number of amides is 1. The molecule has 0 saturated carbocycles. The van der Waals surface area contributed by atoms with Gasteiger partial charge in [0.05, 0.1) is 13.7 Å². The zero-order valence-electron chi connectivity index (χ0n) is 6.52. The average Bonchev–Trinajstić information content (AvgIpc) is 2.47. The Kier molecular flexibility index (Phi) is 2.62. The molecule has 6 heteroatoms. The first-order valence-electron chi connectivity index (χ1n) is 3.30. The molecule has 0 atom stereocenters. The maximum atomic E-state index is 10.7. The third kappa shape index (κ3) is 1.94. The Labute approximate surface area is 68.7 Å². The molecule has 0 aromatic heterocycles. The number of carbonyl (C=O) groups excluding carboxylic acids is 2. The Morgan fingerprint density at radius 2 is 2.58 bits per heavy atom. The summed E-state index contributed by atoms with van der Waals surface area (Å²) in [4.78, 5) is 21.2. The maximum Gasteiger partial charge on any atom is 0.430 e. The van der Waals surface area contributed by atoms with Gasteiger partial charge in [-0.15, -0.1) is 0 Å². The fourth-order valence-corrected chi connectivity index (χ4v) is 0.660. The number of cyclic esters (lactones) is 1. The summed E-state index contributed by atoms with van der Waals surface area (Å²) in [7, 11) is 1.23. The molecule has 1 aliphatic heterocycles. The number of hydrogen-bond acceptors (Lipinski definition) is 5. The van der Waals surface area contributed by atoms with Crippen molar-refractivity contribution in [2.45, 2.75) is 0 Å². The Bertz CT molecular complexity index is 226. The summed E-state index contributed by atoms with van der Waals surface area (Å²) in [6, 6.07) is 0. The molecule has 1 saturated heterocycles. The summed E-state index contributed by atoms with van der Waals surface area (Å²) in [5.41, 5.74) is 0. The van der Waals surface area contributed by atoms with Crippen LogP contribution in [-0.4, -0.2) is 43.5 Å². The molecule has 1 fully saturated rings. The van der Waals surface area contributed by atoms with Crippen LogP contribution in [0.5, 0.6) is 0 Å². The van der Waals surface area contributed by atoms with E-state index in [1.807, 2.05) is 0 Å². The van der Waals surface area contributed by atoms with Crippen molar-refractivity contribution in [2.24, 2.45) is 5.10 Å². The van der Waals surface area contributed by atoms with Crippen LogP contribution in [0, 0.1) is 0 Å². The Morgan fingerprint density at radius 1 is 1.83 bits per heavy atom. The van der Waals surface area contributed by atoms with E-state index in [9.17, 15) is 9.59 Å². The summed E-state index contributed by atoms with van der Waals surface area (Å²) in [5.74, 6) is -0.602. The fourth-order valence-electron chi connectivity index (χ4n) is 0.660. The highest BCUT2D eigenvalue weighted by atomic mass is 16.6. The SMILES string of the molecule is COC(=O)/C=N/N1CCOC1=O. The smallest absolute Gasteiger partial charge is 0.430 e. The Morgan fingerprint density at radius 3 is 3.08 bits per heavy atom. The van der Waals surface area contributed by atoms with Crippen LogP contribution in [0.4, 0.5) is 4.79 Å². The standard InChI is InChI=1S/C6H8N2O4/c1-11-5(9)4-7-8-2-3-12-6(8)10/h4H,2-3H2,1H3/b7-4+. The largest absolute Gasteiger partial charge is 0.465 e. The van der Waals surface area contributed by atoms with Crippen molar-refractivity contribution in [2.75, 3.05) is 20.3 Å². The van der Waals surface area contributed by atoms with Gasteiger partial charge in [-0.2, -0.15) is 10.1 Å². The lowest BCUT2D eigenvalue weighted by Gasteiger charge is -2.01. The lowest BCUT2D eigenvalue weighted by atomic mass is 10.7. The zero-order chi connectivity index (χ0) is 8.97. The van der Waals surface area contributed by atoms with Crippen molar-refractivity contribution in [1.82, 2.24) is 5.01 Å². The molecule has 6 nitrogen and oxygen atoms in total. The van der Waals surface area contributed by atoms with Gasteiger partial charge in [0.1, 0.15) is 12.8 Å². The van der Waals surface area contributed by atoms with Crippen molar-refractivity contribution >= 4 is 18.3 Å². The minimum Gasteiger partial charge on any atom is -0.465 e. The van der Waals surface area contributed by atoms with Gasteiger partial charge in [0, 0.05) is 0 Å². The van der Waals surface area contributed by atoms with Gasteiger partial charge in [-0.25, -0.2) is 9.59 Å². The fraction of sp³-hybridized carbons (Fsp3) is 0.500. The van der Waals surface area contributed by atoms with E-state index in [1.54, 1.807) is 0 Å². The lowest BCUT2D eigenvalue weighted by molar-refractivity contribution is -0.132. The average molecular weight is 172 g/mol. The van der Waals surface area contributed by atoms with E-state index in [4.69, 9.17) is 0 Å². The highest BCUT2D eigenvalue weighted by Gasteiger charge is 2.20. The van der Waals surface area contributed by atoms with Crippen molar-refractivity contribution < 1.29 is 19.1 Å². The first-order valence-corrected chi connectivity index (χ1v) is 3.30. The number of carbonyl (C=O) groups is 2. The number of hydrazone groups is 1. The molecule has 12 heavy (non-hydrogen) atoms. The molecule has 0 aromatic carbocycles. The van der Waals surface area contributed by atoms with Gasteiger partial charge in [-0.1, -0.05) is 0 Å². The van der Waals surface area contributed by atoms with Crippen LogP contribution < -0.4 is 0 Å². The molecule has 0 aromatic rings. The van der Waals surface area contributed by atoms with Crippen LogP contribution in [0.15, 0.2) is 5.10 Å². The summed E-state index contributed by atoms with van der Waals surface area (Å²) in [6.45, 7) is 0.670. The number of esters is 1. The van der Waals surface area contributed by atoms with E-state index < -0.39 is 12.1 Å². The first kappa shape index (κ1) is 8.51. The molecule has 0 aliphatic carbocycles. The molecular formula is C6H8N2O4. The van der Waals surface area contributed by atoms with Gasteiger partial charge in [0.2, 0.25) is 0 Å². The van der Waals surface area contributed by atoms with Gasteiger partial charge in [-0.3, -0.25) is 0 Å². The van der Waals surface area contributed by atoms with Crippen LogP contribution in [0.2, 0.25) is 0 Å². The minimum absolute atomic E-state index is 0.303. The van der Waals surface area contributed by atoms with Crippen molar-refractivity contribution in [3.05, 3.63) is 0 Å². The number of rotatable bonds is 2. The van der Waals surface area contributed by atoms with Crippen molar-refractivity contribution in [3.8, 4) is 0 Å². The predicted molar refractivity (Wildman–Crippen MR) is 38.6 cm³/mol. The molecule has 0 N–H and O–H groups in total. The predicted octanol–water partition coefficient (Wildman–Crippen LogP) is -0.403. The molecule has 0 radical (unpaired) electrons. The van der Waals surface area contributed by atoms with E-state index in [2.05, 4.69) is 14.6 Å². The summed E-state index contributed by atoms with van der Waals surface area (Å²) in [6.07, 6.45) is 0.377. The molecule has 1 amide bonds. The van der Waals surface area contributed by atoms with Crippen LogP contribution >= 0.6 is 0 Å². The van der Waals surface area contributed by atoms with Gasteiger partial charge in [-0.05, 0) is 0 Å². The van der Waals surface area contributed by atoms with Gasteiger partial charge >= 0.3 is 12.1 Å². The minimum atomic E-state index is -0.602. The molecule has 1 rings (SSSR count). The van der Waals surface area contributed by atoms with Crippen molar-refractivity contribution in [3.63, 3.8) is 0 Å². The second-order valence-electron chi connectivity index (χ2n) is 2.01. The number of methoxy groups -OCH3 is 1. The summed E-state index contributed by atoms with van der Waals surface area (Å²) in [5, 5.41) is 4.59. The van der Waals surface area contributed by atoms with Crippen LogP contribution in [0.25, 0.3) is 0 Å². The highest BCUT2D eigenvalue weighted by molar-refractivity contribution is 6.23. The molecule has 0 bridgehead atoms. The van der Waals surface area contributed by atoms with Gasteiger partial charge in [0.15, 0.2) is 0 Å². The third-order valence-corrected chi connectivity index (χ3v) is 1.24. The first-order chi connectivity index (χ1) is 5.74. The monoisotopic (exact) mass is 172 g/mol. The molecule has 1 aliphatic rings. The molecule has 0 unspecified atom stereocenters. The number of nitrogens with zero attached hydrogens (tertiary/aromatic N) is 2. The van der Waals surface area contributed by atoms with Crippen LogP contribution in [-0.2, 0) is 14.3 Å². The third-order valence-electron chi connectivity index (χ3n) is 1.24. The normalized spacial score (nSPS) is 16.8. The van der Waals surface area contributed by atoms with E-state index in [-0.39, 0.29) is 0 Å². The molecule has 66 valence electrons. The molecular weight excluding hydrogens is 164 g/mol. The summed E-state index contributed by atoms with van der Waals surface area (Å²) < 4.78 is 8.83. The summed E-state index contributed by atoms with van der Waals surface area (Å²) >= 11 is 0. The van der Waals surface area contributed by atoms with E-state index in [1.165, 1.54) is 7.11 Å². The van der Waals surface area contributed by atoms with Gasteiger partial charge in [0.25, 0.3) is 0 Å². The van der Waals surface area contributed by atoms with Crippen LogP contribution in [0.1, 0.15) is 0 Å². The highest BCUT2D eigenvalue weighted by Crippen LogP contribution is 2.01. The lowest BCUT2D eigenvalue weighted by Crippen LogP contribution is -2.19. The molecule has 1 heterocycles. The van der Waals surface area contributed by atoms with E-state index in [0.29, 0.717) is 13.2 Å². The number of hydrogen-bond donors (Lipinski definition) is 0. The second kappa shape index (κ2) is 3.70. The number of ether oxygens (including phenoxy) is 2. The van der Waals surface area contributed by atoms with E-state index >= 15 is 0 Å². The Hall–Kier alpha value is -1.59. The maximum absolute atomic E-state index is 10.7. The van der Waals surface area contributed by atoms with Crippen LogP contribution in [0.3, 0.4) is 0 Å². The molecule has 0 spiro atoms. The topological polar surface area (TPSA) is 68.2 Å². The van der Waals surface area contributed by atoms with Crippen molar-refractivity contribution in [1.29, 1.82) is 0 Å². The second-order valence-corrected chi connectivity index (χ2v) is 2.01. The Balaban J connectivity index is 2.44. The van der Waals surface area contributed by atoms with Gasteiger partial charge < -0.3 is 9.47 Å². The zero-order valence-corrected chi connectivity index (χ0v) is 6.52. The quantitative estimate of drug-likeness (QED) is 0.419.